The predicted molar refractivity (Wildman–Crippen MR) is 81.2 cm³/mol. The van der Waals surface area contributed by atoms with Crippen LogP contribution in [0.15, 0.2) is 18.5 Å². The number of piperidine rings is 1. The van der Waals surface area contributed by atoms with E-state index < -0.39 is 11.7 Å². The Morgan fingerprint density at radius 1 is 1.17 bits per heavy atom. The Morgan fingerprint density at radius 2 is 1.91 bits per heavy atom. The molecule has 7 heteroatoms. The van der Waals surface area contributed by atoms with Crippen LogP contribution >= 0.6 is 0 Å². The maximum absolute atomic E-state index is 13.1. The number of nitrogens with zero attached hydrogens (tertiary/aromatic N) is 3. The standard InChI is InChI=1S/C16H22F3N3O/c17-16(18,19)14-1-5-20-9-15(14)22-8-2-12(11-22)10-21-6-3-13(23)4-7-21/h1,5,9,12-13,23H,2-4,6-8,10-11H2. The number of aromatic nitrogens is 1. The van der Waals surface area contributed by atoms with Crippen LogP contribution in [0.4, 0.5) is 18.9 Å². The van der Waals surface area contributed by atoms with Gasteiger partial charge in [0.1, 0.15) is 0 Å². The third-order valence-electron chi connectivity index (χ3n) is 4.81. The Labute approximate surface area is 133 Å². The molecule has 23 heavy (non-hydrogen) atoms. The van der Waals surface area contributed by atoms with Crippen LogP contribution in [0, 0.1) is 5.92 Å². The zero-order valence-electron chi connectivity index (χ0n) is 13.0. The highest BCUT2D eigenvalue weighted by Crippen LogP contribution is 2.37. The second-order valence-corrected chi connectivity index (χ2v) is 6.52. The number of hydrogen-bond donors (Lipinski definition) is 1. The minimum absolute atomic E-state index is 0.191. The summed E-state index contributed by atoms with van der Waals surface area (Å²) in [5, 5.41) is 9.54. The Kier molecular flexibility index (Phi) is 4.77. The molecule has 4 nitrogen and oxygen atoms in total. The topological polar surface area (TPSA) is 39.6 Å². The van der Waals surface area contributed by atoms with Crippen LogP contribution in [0.3, 0.4) is 0 Å². The number of halogens is 3. The Bertz CT molecular complexity index is 530. The van der Waals surface area contributed by atoms with E-state index >= 15 is 0 Å². The molecular formula is C16H22F3N3O. The van der Waals surface area contributed by atoms with Gasteiger partial charge in [0.05, 0.1) is 23.6 Å². The molecule has 0 radical (unpaired) electrons. The molecule has 0 bridgehead atoms. The van der Waals surface area contributed by atoms with Gasteiger partial charge in [0.2, 0.25) is 0 Å². The summed E-state index contributed by atoms with van der Waals surface area (Å²) in [4.78, 5) is 7.99. The highest BCUT2D eigenvalue weighted by atomic mass is 19.4. The Morgan fingerprint density at radius 3 is 2.61 bits per heavy atom. The van der Waals surface area contributed by atoms with Crippen molar-refractivity contribution in [3.63, 3.8) is 0 Å². The summed E-state index contributed by atoms with van der Waals surface area (Å²) >= 11 is 0. The van der Waals surface area contributed by atoms with Crippen LogP contribution < -0.4 is 4.90 Å². The van der Waals surface area contributed by atoms with Crippen molar-refractivity contribution in [3.8, 4) is 0 Å². The molecule has 2 fully saturated rings. The van der Waals surface area contributed by atoms with Crippen molar-refractivity contribution in [2.75, 3.05) is 37.6 Å². The lowest BCUT2D eigenvalue weighted by Gasteiger charge is -2.31. The summed E-state index contributed by atoms with van der Waals surface area (Å²) in [6, 6.07) is 1.05. The van der Waals surface area contributed by atoms with E-state index in [1.807, 2.05) is 0 Å². The fraction of sp³-hybridized carbons (Fsp3) is 0.688. The molecule has 0 aromatic carbocycles. The van der Waals surface area contributed by atoms with E-state index in [1.54, 1.807) is 4.90 Å². The third-order valence-corrected chi connectivity index (χ3v) is 4.81. The van der Waals surface area contributed by atoms with E-state index in [0.29, 0.717) is 19.0 Å². The van der Waals surface area contributed by atoms with Gasteiger partial charge in [-0.2, -0.15) is 13.2 Å². The predicted octanol–water partition coefficient (Wildman–Crippen LogP) is 2.38. The van der Waals surface area contributed by atoms with Crippen LogP contribution in [-0.2, 0) is 6.18 Å². The summed E-state index contributed by atoms with van der Waals surface area (Å²) in [6.45, 7) is 3.91. The molecule has 2 aliphatic heterocycles. The molecule has 1 unspecified atom stereocenters. The molecule has 128 valence electrons. The first-order valence-corrected chi connectivity index (χ1v) is 8.10. The van der Waals surface area contributed by atoms with Crippen molar-refractivity contribution < 1.29 is 18.3 Å². The fourth-order valence-corrected chi connectivity index (χ4v) is 3.55. The number of anilines is 1. The number of pyridine rings is 1. The number of hydrogen-bond acceptors (Lipinski definition) is 4. The average molecular weight is 329 g/mol. The highest BCUT2D eigenvalue weighted by molar-refractivity contribution is 5.53. The average Bonchev–Trinajstić information content (AvgIpc) is 2.97. The molecule has 1 atom stereocenters. The molecular weight excluding hydrogens is 307 g/mol. The van der Waals surface area contributed by atoms with Crippen LogP contribution in [0.2, 0.25) is 0 Å². The lowest BCUT2D eigenvalue weighted by molar-refractivity contribution is -0.137. The minimum atomic E-state index is -4.35. The van der Waals surface area contributed by atoms with Crippen molar-refractivity contribution in [1.29, 1.82) is 0 Å². The van der Waals surface area contributed by atoms with Gasteiger partial charge in [-0.3, -0.25) is 4.98 Å². The molecule has 1 aromatic heterocycles. The molecule has 0 saturated carbocycles. The van der Waals surface area contributed by atoms with Gasteiger partial charge in [0, 0.05) is 38.9 Å². The van der Waals surface area contributed by atoms with Gasteiger partial charge in [0.15, 0.2) is 0 Å². The van der Waals surface area contributed by atoms with Crippen molar-refractivity contribution in [1.82, 2.24) is 9.88 Å². The number of rotatable bonds is 3. The maximum Gasteiger partial charge on any atom is 0.418 e. The molecule has 0 aliphatic carbocycles. The highest BCUT2D eigenvalue weighted by Gasteiger charge is 2.36. The van der Waals surface area contributed by atoms with Gasteiger partial charge < -0.3 is 14.9 Å². The first kappa shape index (κ1) is 16.5. The van der Waals surface area contributed by atoms with Gasteiger partial charge in [0.25, 0.3) is 0 Å². The third kappa shape index (κ3) is 3.95. The summed E-state index contributed by atoms with van der Waals surface area (Å²) in [7, 11) is 0. The van der Waals surface area contributed by atoms with Crippen molar-refractivity contribution in [2.24, 2.45) is 5.92 Å². The number of alkyl halides is 3. The normalized spacial score (nSPS) is 24.3. The fourth-order valence-electron chi connectivity index (χ4n) is 3.55. The maximum atomic E-state index is 13.1. The molecule has 0 amide bonds. The first-order chi connectivity index (χ1) is 10.9. The second kappa shape index (κ2) is 6.65. The smallest absolute Gasteiger partial charge is 0.393 e. The molecule has 1 N–H and O–H groups in total. The van der Waals surface area contributed by atoms with Gasteiger partial charge in [-0.05, 0) is 31.2 Å². The summed E-state index contributed by atoms with van der Waals surface area (Å²) in [6.07, 6.45) is 0.441. The lowest BCUT2D eigenvalue weighted by Crippen LogP contribution is -2.39. The van der Waals surface area contributed by atoms with Crippen molar-refractivity contribution >= 4 is 5.69 Å². The van der Waals surface area contributed by atoms with E-state index in [1.165, 1.54) is 12.4 Å². The zero-order valence-corrected chi connectivity index (χ0v) is 13.0. The summed E-state index contributed by atoms with van der Waals surface area (Å²) in [5.41, 5.74) is -0.411. The van der Waals surface area contributed by atoms with Gasteiger partial charge in [-0.15, -0.1) is 0 Å². The molecule has 2 aliphatic rings. The SMILES string of the molecule is OC1CCN(CC2CCN(c3cnccc3C(F)(F)F)C2)CC1. The van der Waals surface area contributed by atoms with Crippen LogP contribution in [0.5, 0.6) is 0 Å². The Hall–Kier alpha value is -1.34. The summed E-state index contributed by atoms with van der Waals surface area (Å²) in [5.74, 6) is 0.367. The van der Waals surface area contributed by atoms with E-state index in [-0.39, 0.29) is 11.8 Å². The summed E-state index contributed by atoms with van der Waals surface area (Å²) < 4.78 is 39.4. The van der Waals surface area contributed by atoms with E-state index in [9.17, 15) is 18.3 Å². The van der Waals surface area contributed by atoms with Gasteiger partial charge in [-0.1, -0.05) is 0 Å². The molecule has 2 saturated heterocycles. The van der Waals surface area contributed by atoms with Gasteiger partial charge >= 0.3 is 6.18 Å². The number of aliphatic hydroxyl groups is 1. The lowest BCUT2D eigenvalue weighted by atomic mass is 10.0. The Balaban J connectivity index is 1.62. The molecule has 3 heterocycles. The quantitative estimate of drug-likeness (QED) is 0.924. The molecule has 0 spiro atoms. The largest absolute Gasteiger partial charge is 0.418 e. The molecule has 3 rings (SSSR count). The monoisotopic (exact) mass is 329 g/mol. The van der Waals surface area contributed by atoms with E-state index in [0.717, 1.165) is 45.0 Å². The van der Waals surface area contributed by atoms with Crippen molar-refractivity contribution in [3.05, 3.63) is 24.0 Å². The van der Waals surface area contributed by atoms with E-state index in [4.69, 9.17) is 0 Å². The number of aliphatic hydroxyl groups excluding tert-OH is 1. The van der Waals surface area contributed by atoms with Gasteiger partial charge in [-0.25, -0.2) is 0 Å². The molecule has 1 aromatic rings. The first-order valence-electron chi connectivity index (χ1n) is 8.10. The second-order valence-electron chi connectivity index (χ2n) is 6.52. The van der Waals surface area contributed by atoms with Crippen LogP contribution in [0.1, 0.15) is 24.8 Å². The van der Waals surface area contributed by atoms with Crippen LogP contribution in [0.25, 0.3) is 0 Å². The number of likely N-dealkylation sites (tertiary alicyclic amines) is 1. The minimum Gasteiger partial charge on any atom is -0.393 e. The van der Waals surface area contributed by atoms with E-state index in [2.05, 4.69) is 9.88 Å². The zero-order chi connectivity index (χ0) is 16.4. The van der Waals surface area contributed by atoms with Crippen molar-refractivity contribution in [2.45, 2.75) is 31.5 Å². The van der Waals surface area contributed by atoms with Crippen LogP contribution in [-0.4, -0.2) is 53.8 Å².